The summed E-state index contributed by atoms with van der Waals surface area (Å²) in [5, 5.41) is 2.73. The third-order valence-corrected chi connectivity index (χ3v) is 5.09. The molecule has 1 fully saturated rings. The lowest BCUT2D eigenvalue weighted by Crippen LogP contribution is -2.54. The van der Waals surface area contributed by atoms with E-state index < -0.39 is 11.8 Å². The minimum absolute atomic E-state index is 0.0365. The number of nitrogens with zero attached hydrogens (tertiary/aromatic N) is 2. The van der Waals surface area contributed by atoms with Crippen molar-refractivity contribution in [3.05, 3.63) is 89.3 Å². The SMILES string of the molecule is Cc1ccc(N2C(=O)/C(=C/c3cccn3-c3ccccc3)C(=O)NC2=S)c(C)c1. The van der Waals surface area contributed by atoms with Gasteiger partial charge < -0.3 is 4.57 Å². The smallest absolute Gasteiger partial charge is 0.270 e. The Hall–Kier alpha value is -3.51. The van der Waals surface area contributed by atoms with Crippen LogP contribution in [0.4, 0.5) is 5.69 Å². The van der Waals surface area contributed by atoms with Crippen LogP contribution in [0.25, 0.3) is 11.8 Å². The lowest BCUT2D eigenvalue weighted by atomic mass is 10.1. The molecule has 0 atom stereocenters. The Morgan fingerprint density at radius 3 is 2.45 bits per heavy atom. The van der Waals surface area contributed by atoms with Crippen LogP contribution in [-0.4, -0.2) is 21.5 Å². The molecule has 1 N–H and O–H groups in total. The zero-order valence-electron chi connectivity index (χ0n) is 16.0. The highest BCUT2D eigenvalue weighted by Gasteiger charge is 2.35. The van der Waals surface area contributed by atoms with Gasteiger partial charge in [-0.15, -0.1) is 0 Å². The fourth-order valence-electron chi connectivity index (χ4n) is 3.42. The lowest BCUT2D eigenvalue weighted by Gasteiger charge is -2.30. The van der Waals surface area contributed by atoms with Crippen molar-refractivity contribution >= 4 is 40.9 Å². The number of rotatable bonds is 3. The van der Waals surface area contributed by atoms with Crippen molar-refractivity contribution in [1.82, 2.24) is 9.88 Å². The van der Waals surface area contributed by atoms with Crippen LogP contribution < -0.4 is 10.2 Å². The van der Waals surface area contributed by atoms with E-state index in [9.17, 15) is 9.59 Å². The van der Waals surface area contributed by atoms with Crippen LogP contribution in [-0.2, 0) is 9.59 Å². The average molecular weight is 401 g/mol. The molecule has 2 aromatic carbocycles. The minimum atomic E-state index is -0.498. The van der Waals surface area contributed by atoms with Gasteiger partial charge in [0.25, 0.3) is 11.8 Å². The van der Waals surface area contributed by atoms with Crippen LogP contribution in [0, 0.1) is 13.8 Å². The summed E-state index contributed by atoms with van der Waals surface area (Å²) < 4.78 is 1.92. The third-order valence-electron chi connectivity index (χ3n) is 4.80. The molecule has 0 aliphatic carbocycles. The molecule has 1 saturated heterocycles. The van der Waals surface area contributed by atoms with E-state index in [1.807, 2.05) is 85.3 Å². The summed E-state index contributed by atoms with van der Waals surface area (Å²) in [6.45, 7) is 3.90. The second kappa shape index (κ2) is 7.48. The maximum absolute atomic E-state index is 13.3. The van der Waals surface area contributed by atoms with Crippen molar-refractivity contribution in [1.29, 1.82) is 0 Å². The molecule has 3 aromatic rings. The van der Waals surface area contributed by atoms with Gasteiger partial charge in [0.05, 0.1) is 5.69 Å². The summed E-state index contributed by atoms with van der Waals surface area (Å²) in [7, 11) is 0. The zero-order chi connectivity index (χ0) is 20.5. The molecule has 29 heavy (non-hydrogen) atoms. The van der Waals surface area contributed by atoms with E-state index in [4.69, 9.17) is 12.2 Å². The molecule has 6 heteroatoms. The number of hydrogen-bond donors (Lipinski definition) is 1. The standard InChI is InChI=1S/C23H19N3O2S/c1-15-10-11-20(16(2)13-15)26-22(28)19(21(27)24-23(26)29)14-18-9-6-12-25(18)17-7-4-3-5-8-17/h3-14H,1-2H3,(H,24,27,29)/b19-14+. The van der Waals surface area contributed by atoms with Gasteiger partial charge in [-0.25, -0.2) is 0 Å². The summed E-state index contributed by atoms with van der Waals surface area (Å²) >= 11 is 5.30. The summed E-state index contributed by atoms with van der Waals surface area (Å²) in [4.78, 5) is 27.2. The fraction of sp³-hybridized carbons (Fsp3) is 0.0870. The maximum atomic E-state index is 13.3. The van der Waals surface area contributed by atoms with Crippen molar-refractivity contribution in [2.45, 2.75) is 13.8 Å². The first-order chi connectivity index (χ1) is 14.0. The van der Waals surface area contributed by atoms with Gasteiger partial charge in [0.2, 0.25) is 0 Å². The van der Waals surface area contributed by atoms with E-state index in [0.717, 1.165) is 22.5 Å². The molecule has 5 nitrogen and oxygen atoms in total. The first-order valence-corrected chi connectivity index (χ1v) is 9.58. The molecule has 1 aliphatic heterocycles. The maximum Gasteiger partial charge on any atom is 0.270 e. The number of anilines is 1. The van der Waals surface area contributed by atoms with Gasteiger partial charge in [-0.1, -0.05) is 35.9 Å². The fourth-order valence-corrected chi connectivity index (χ4v) is 3.69. The molecule has 0 radical (unpaired) electrons. The van der Waals surface area contributed by atoms with Gasteiger partial charge in [-0.2, -0.15) is 0 Å². The normalized spacial score (nSPS) is 15.7. The molecule has 4 rings (SSSR count). The first kappa shape index (κ1) is 18.8. The van der Waals surface area contributed by atoms with E-state index in [0.29, 0.717) is 5.69 Å². The Labute approximate surface area is 174 Å². The van der Waals surface area contributed by atoms with Crippen LogP contribution in [0.5, 0.6) is 0 Å². The number of carbonyl (C=O) groups is 2. The van der Waals surface area contributed by atoms with E-state index >= 15 is 0 Å². The van der Waals surface area contributed by atoms with E-state index in [1.54, 1.807) is 6.08 Å². The number of carbonyl (C=O) groups excluding carboxylic acids is 2. The number of amides is 2. The van der Waals surface area contributed by atoms with Crippen LogP contribution in [0.2, 0.25) is 0 Å². The Kier molecular flexibility index (Phi) is 4.86. The minimum Gasteiger partial charge on any atom is -0.317 e. The second-order valence-corrected chi connectivity index (χ2v) is 7.27. The summed E-state index contributed by atoms with van der Waals surface area (Å²) in [5.74, 6) is -0.937. The average Bonchev–Trinajstić information content (AvgIpc) is 3.15. The molecule has 0 bridgehead atoms. The molecule has 2 amide bonds. The van der Waals surface area contributed by atoms with Crippen LogP contribution in [0.15, 0.2) is 72.4 Å². The van der Waals surface area contributed by atoms with Crippen LogP contribution in [0.1, 0.15) is 16.8 Å². The monoisotopic (exact) mass is 401 g/mol. The van der Waals surface area contributed by atoms with Crippen LogP contribution in [0.3, 0.4) is 0 Å². The molecule has 2 heterocycles. The van der Waals surface area contributed by atoms with Gasteiger partial charge in [-0.05, 0) is 68.0 Å². The molecule has 1 aliphatic rings. The summed E-state index contributed by atoms with van der Waals surface area (Å²) in [6.07, 6.45) is 3.49. The highest BCUT2D eigenvalue weighted by Crippen LogP contribution is 2.26. The van der Waals surface area contributed by atoms with Crippen molar-refractivity contribution in [2.75, 3.05) is 4.90 Å². The Morgan fingerprint density at radius 2 is 1.72 bits per heavy atom. The number of para-hydroxylation sites is 1. The van der Waals surface area contributed by atoms with Crippen molar-refractivity contribution in [2.24, 2.45) is 0 Å². The van der Waals surface area contributed by atoms with Gasteiger partial charge in [0.1, 0.15) is 5.57 Å². The molecule has 0 unspecified atom stereocenters. The molecule has 144 valence electrons. The highest BCUT2D eigenvalue weighted by atomic mass is 32.1. The third kappa shape index (κ3) is 3.50. The Morgan fingerprint density at radius 1 is 0.966 bits per heavy atom. The van der Waals surface area contributed by atoms with Gasteiger partial charge in [-0.3, -0.25) is 19.8 Å². The lowest BCUT2D eigenvalue weighted by molar-refractivity contribution is -0.122. The number of benzene rings is 2. The number of nitrogens with one attached hydrogen (secondary N) is 1. The number of aryl methyl sites for hydroxylation is 2. The van der Waals surface area contributed by atoms with Gasteiger partial charge in [0.15, 0.2) is 5.11 Å². The quantitative estimate of drug-likeness (QED) is 0.411. The molecule has 0 spiro atoms. The van der Waals surface area contributed by atoms with Gasteiger partial charge >= 0.3 is 0 Å². The van der Waals surface area contributed by atoms with E-state index in [-0.39, 0.29) is 10.7 Å². The highest BCUT2D eigenvalue weighted by molar-refractivity contribution is 7.80. The van der Waals surface area contributed by atoms with Crippen molar-refractivity contribution < 1.29 is 9.59 Å². The topological polar surface area (TPSA) is 54.3 Å². The van der Waals surface area contributed by atoms with E-state index in [2.05, 4.69) is 5.32 Å². The van der Waals surface area contributed by atoms with Crippen molar-refractivity contribution in [3.8, 4) is 5.69 Å². The number of aromatic nitrogens is 1. The van der Waals surface area contributed by atoms with E-state index in [1.165, 1.54) is 4.90 Å². The van der Waals surface area contributed by atoms with Gasteiger partial charge in [0, 0.05) is 17.6 Å². The Balaban J connectivity index is 1.77. The summed E-state index contributed by atoms with van der Waals surface area (Å²) in [5.41, 5.74) is 4.35. The molecular formula is C23H19N3O2S. The van der Waals surface area contributed by atoms with Crippen molar-refractivity contribution in [3.63, 3.8) is 0 Å². The Bertz CT molecular complexity index is 1160. The zero-order valence-corrected chi connectivity index (χ0v) is 16.9. The second-order valence-electron chi connectivity index (χ2n) is 6.89. The largest absolute Gasteiger partial charge is 0.317 e. The van der Waals surface area contributed by atoms with Crippen LogP contribution >= 0.6 is 12.2 Å². The molecule has 1 aromatic heterocycles. The number of hydrogen-bond acceptors (Lipinski definition) is 3. The molecular weight excluding hydrogens is 382 g/mol. The number of thiocarbonyl (C=S) groups is 1. The first-order valence-electron chi connectivity index (χ1n) is 9.17. The summed E-state index contributed by atoms with van der Waals surface area (Å²) in [6, 6.07) is 19.2. The predicted octanol–water partition coefficient (Wildman–Crippen LogP) is 3.93. The molecule has 0 saturated carbocycles. The predicted molar refractivity (Wildman–Crippen MR) is 118 cm³/mol.